The first kappa shape index (κ1) is 19.0. The number of halogens is 3. The predicted molar refractivity (Wildman–Crippen MR) is 100 cm³/mol. The Kier molecular flexibility index (Phi) is 5.26. The lowest BCUT2D eigenvalue weighted by Gasteiger charge is -2.37. The van der Waals surface area contributed by atoms with Gasteiger partial charge in [-0.1, -0.05) is 18.7 Å². The highest BCUT2D eigenvalue weighted by atomic mass is 19.4. The van der Waals surface area contributed by atoms with Crippen molar-refractivity contribution < 1.29 is 18.0 Å². The molecule has 0 radical (unpaired) electrons. The highest BCUT2D eigenvalue weighted by Crippen LogP contribution is 2.38. The van der Waals surface area contributed by atoms with Crippen molar-refractivity contribution in [3.8, 4) is 0 Å². The number of fused-ring (bicyclic) bond motifs is 1. The molecule has 0 fully saturated rings. The maximum atomic E-state index is 12.9. The lowest BCUT2D eigenvalue weighted by atomic mass is 9.89. The van der Waals surface area contributed by atoms with Crippen molar-refractivity contribution in [2.75, 3.05) is 18.0 Å². The van der Waals surface area contributed by atoms with E-state index in [0.29, 0.717) is 18.8 Å². The molecule has 0 saturated heterocycles. The molecule has 3 rings (SSSR count). The summed E-state index contributed by atoms with van der Waals surface area (Å²) in [5.41, 5.74) is 3.32. The molecule has 142 valence electrons. The van der Waals surface area contributed by atoms with E-state index in [9.17, 15) is 18.0 Å². The first-order valence-corrected chi connectivity index (χ1v) is 8.73. The molecule has 3 nitrogen and oxygen atoms in total. The number of nitrogens with one attached hydrogen (secondary N) is 1. The van der Waals surface area contributed by atoms with E-state index in [4.69, 9.17) is 0 Å². The van der Waals surface area contributed by atoms with E-state index in [1.807, 2.05) is 30.0 Å². The van der Waals surface area contributed by atoms with Crippen LogP contribution in [0.15, 0.2) is 55.1 Å². The number of aryl methyl sites for hydroxylation is 1. The van der Waals surface area contributed by atoms with Gasteiger partial charge in [0, 0.05) is 24.5 Å². The van der Waals surface area contributed by atoms with E-state index in [1.165, 1.54) is 18.2 Å². The molecule has 1 unspecified atom stereocenters. The van der Waals surface area contributed by atoms with Crippen molar-refractivity contribution >= 4 is 17.3 Å². The normalized spacial score (nSPS) is 16.6. The van der Waals surface area contributed by atoms with Crippen LogP contribution in [0.2, 0.25) is 0 Å². The number of hydrogen-bond acceptors (Lipinski definition) is 2. The van der Waals surface area contributed by atoms with E-state index in [1.54, 1.807) is 0 Å². The van der Waals surface area contributed by atoms with Crippen molar-refractivity contribution in [2.45, 2.75) is 19.5 Å². The fourth-order valence-electron chi connectivity index (χ4n) is 3.44. The molecule has 1 aliphatic rings. The molecule has 0 spiro atoms. The summed E-state index contributed by atoms with van der Waals surface area (Å²) in [7, 11) is 0. The Morgan fingerprint density at radius 1 is 1.26 bits per heavy atom. The molecule has 27 heavy (non-hydrogen) atoms. The third-order valence-corrected chi connectivity index (χ3v) is 4.87. The second kappa shape index (κ2) is 7.47. The number of hydrogen-bond donors (Lipinski definition) is 1. The van der Waals surface area contributed by atoms with Gasteiger partial charge >= 0.3 is 6.18 Å². The SMILES string of the molecule is C=CC(=O)NCC1Cc2c(C)cccc2N(c2ccc(C(F)(F)F)cc2)C1. The number of carbonyl (C=O) groups excluding carboxylic acids is 1. The molecule has 1 atom stereocenters. The number of alkyl halides is 3. The lowest BCUT2D eigenvalue weighted by molar-refractivity contribution is -0.137. The zero-order valence-electron chi connectivity index (χ0n) is 15.0. The van der Waals surface area contributed by atoms with Crippen LogP contribution in [0.3, 0.4) is 0 Å². The fraction of sp³-hybridized carbons (Fsp3) is 0.286. The van der Waals surface area contributed by atoms with Gasteiger partial charge < -0.3 is 10.2 Å². The predicted octanol–water partition coefficient (Wildman–Crippen LogP) is 4.63. The second-order valence-electron chi connectivity index (χ2n) is 6.75. The minimum Gasteiger partial charge on any atom is -0.352 e. The third kappa shape index (κ3) is 4.15. The zero-order chi connectivity index (χ0) is 19.6. The van der Waals surface area contributed by atoms with E-state index in [-0.39, 0.29) is 11.8 Å². The molecule has 0 bridgehead atoms. The molecule has 0 saturated carbocycles. The maximum Gasteiger partial charge on any atom is 0.416 e. The molecule has 1 amide bonds. The molecule has 1 aliphatic heterocycles. The molecular formula is C21H21F3N2O. The number of carbonyl (C=O) groups is 1. The minimum atomic E-state index is -4.35. The van der Waals surface area contributed by atoms with Gasteiger partial charge in [-0.2, -0.15) is 13.2 Å². The molecule has 6 heteroatoms. The quantitative estimate of drug-likeness (QED) is 0.792. The van der Waals surface area contributed by atoms with Crippen LogP contribution < -0.4 is 10.2 Å². The van der Waals surface area contributed by atoms with Gasteiger partial charge in [0.05, 0.1) is 5.56 Å². The second-order valence-corrected chi connectivity index (χ2v) is 6.75. The van der Waals surface area contributed by atoms with Crippen LogP contribution in [0.5, 0.6) is 0 Å². The number of benzene rings is 2. The topological polar surface area (TPSA) is 32.3 Å². The molecule has 1 N–H and O–H groups in total. The van der Waals surface area contributed by atoms with E-state index in [0.717, 1.165) is 35.4 Å². The summed E-state index contributed by atoms with van der Waals surface area (Å²) in [6.45, 7) is 6.57. The third-order valence-electron chi connectivity index (χ3n) is 4.87. The Bertz CT molecular complexity index is 843. The molecule has 2 aromatic rings. The van der Waals surface area contributed by atoms with E-state index >= 15 is 0 Å². The smallest absolute Gasteiger partial charge is 0.352 e. The van der Waals surface area contributed by atoms with Crippen LogP contribution >= 0.6 is 0 Å². The van der Waals surface area contributed by atoms with Crippen LogP contribution in [-0.2, 0) is 17.4 Å². The maximum absolute atomic E-state index is 12.9. The fourth-order valence-corrected chi connectivity index (χ4v) is 3.44. The van der Waals surface area contributed by atoms with Gasteiger partial charge in [0.15, 0.2) is 0 Å². The van der Waals surface area contributed by atoms with Gasteiger partial charge in [-0.3, -0.25) is 4.79 Å². The summed E-state index contributed by atoms with van der Waals surface area (Å²) < 4.78 is 38.6. The van der Waals surface area contributed by atoms with Crippen molar-refractivity contribution in [3.05, 3.63) is 71.8 Å². The zero-order valence-corrected chi connectivity index (χ0v) is 15.0. The lowest BCUT2D eigenvalue weighted by Crippen LogP contribution is -2.39. The molecule has 2 aromatic carbocycles. The standard InChI is InChI=1S/C21H21F3N2O/c1-3-20(27)25-12-15-11-18-14(2)5-4-6-19(18)26(13-15)17-9-7-16(8-10-17)21(22,23)24/h3-10,15H,1,11-13H2,2H3,(H,25,27). The molecule has 0 aromatic heterocycles. The first-order valence-electron chi connectivity index (χ1n) is 8.73. The summed E-state index contributed by atoms with van der Waals surface area (Å²) >= 11 is 0. The molecule has 1 heterocycles. The summed E-state index contributed by atoms with van der Waals surface area (Å²) in [4.78, 5) is 13.5. The van der Waals surface area contributed by atoms with Crippen molar-refractivity contribution in [1.29, 1.82) is 0 Å². The van der Waals surface area contributed by atoms with Gasteiger partial charge in [-0.25, -0.2) is 0 Å². The highest BCUT2D eigenvalue weighted by Gasteiger charge is 2.31. The Hall–Kier alpha value is -2.76. The monoisotopic (exact) mass is 374 g/mol. The largest absolute Gasteiger partial charge is 0.416 e. The number of nitrogens with zero attached hydrogens (tertiary/aromatic N) is 1. The summed E-state index contributed by atoms with van der Waals surface area (Å²) in [6.07, 6.45) is -2.32. The van der Waals surface area contributed by atoms with Crippen molar-refractivity contribution in [3.63, 3.8) is 0 Å². The van der Waals surface area contributed by atoms with Crippen LogP contribution in [0.4, 0.5) is 24.5 Å². The van der Waals surface area contributed by atoms with Crippen molar-refractivity contribution in [1.82, 2.24) is 5.32 Å². The summed E-state index contributed by atoms with van der Waals surface area (Å²) in [6, 6.07) is 11.2. The van der Waals surface area contributed by atoms with Crippen LogP contribution in [0.25, 0.3) is 0 Å². The van der Waals surface area contributed by atoms with Gasteiger partial charge in [-0.05, 0) is 66.8 Å². The first-order chi connectivity index (χ1) is 12.8. The molecule has 0 aliphatic carbocycles. The summed E-state index contributed by atoms with van der Waals surface area (Å²) in [5.74, 6) is -0.0866. The number of amides is 1. The minimum absolute atomic E-state index is 0.143. The van der Waals surface area contributed by atoms with Crippen LogP contribution in [0.1, 0.15) is 16.7 Å². The van der Waals surface area contributed by atoms with E-state index in [2.05, 4.69) is 11.9 Å². The Labute approximate surface area is 156 Å². The van der Waals surface area contributed by atoms with Gasteiger partial charge in [-0.15, -0.1) is 0 Å². The van der Waals surface area contributed by atoms with Crippen LogP contribution in [0, 0.1) is 12.8 Å². The number of anilines is 2. The van der Waals surface area contributed by atoms with E-state index < -0.39 is 11.7 Å². The average molecular weight is 374 g/mol. The summed E-state index contributed by atoms with van der Waals surface area (Å²) in [5, 5.41) is 2.82. The van der Waals surface area contributed by atoms with Gasteiger partial charge in [0.2, 0.25) is 5.91 Å². The Balaban J connectivity index is 1.92. The van der Waals surface area contributed by atoms with Crippen LogP contribution in [-0.4, -0.2) is 19.0 Å². The van der Waals surface area contributed by atoms with Gasteiger partial charge in [0.25, 0.3) is 0 Å². The van der Waals surface area contributed by atoms with Crippen molar-refractivity contribution in [2.24, 2.45) is 5.92 Å². The Morgan fingerprint density at radius 3 is 2.59 bits per heavy atom. The molecular weight excluding hydrogens is 353 g/mol. The Morgan fingerprint density at radius 2 is 1.96 bits per heavy atom. The average Bonchev–Trinajstić information content (AvgIpc) is 2.65. The number of rotatable bonds is 4. The highest BCUT2D eigenvalue weighted by molar-refractivity contribution is 5.86. The van der Waals surface area contributed by atoms with Gasteiger partial charge in [0.1, 0.15) is 0 Å².